The van der Waals surface area contributed by atoms with Crippen LogP contribution in [-0.2, 0) is 4.79 Å². The van der Waals surface area contributed by atoms with Gasteiger partial charge in [-0.15, -0.1) is 0 Å². The highest BCUT2D eigenvalue weighted by Crippen LogP contribution is 2.25. The SMILES string of the molecule is NC1CC(C(=O)O)CCN1c1ccccc1. The maximum absolute atomic E-state index is 10.9. The molecule has 4 heteroatoms. The molecule has 0 aliphatic carbocycles. The van der Waals surface area contributed by atoms with Crippen LogP contribution in [0.3, 0.4) is 0 Å². The zero-order valence-electron chi connectivity index (χ0n) is 9.04. The Kier molecular flexibility index (Phi) is 3.10. The van der Waals surface area contributed by atoms with Crippen molar-refractivity contribution in [1.82, 2.24) is 0 Å². The minimum atomic E-state index is -0.733. The molecule has 1 aliphatic rings. The van der Waals surface area contributed by atoms with Crippen LogP contribution >= 0.6 is 0 Å². The first-order valence-electron chi connectivity index (χ1n) is 5.48. The molecule has 86 valence electrons. The highest BCUT2D eigenvalue weighted by Gasteiger charge is 2.29. The normalized spacial score (nSPS) is 25.4. The van der Waals surface area contributed by atoms with Crippen molar-refractivity contribution in [2.75, 3.05) is 11.4 Å². The second-order valence-electron chi connectivity index (χ2n) is 4.16. The first-order valence-corrected chi connectivity index (χ1v) is 5.48. The van der Waals surface area contributed by atoms with Crippen LogP contribution in [0.4, 0.5) is 5.69 Å². The number of nitrogens with two attached hydrogens (primary N) is 1. The van der Waals surface area contributed by atoms with Gasteiger partial charge in [0, 0.05) is 12.2 Å². The van der Waals surface area contributed by atoms with E-state index in [1.54, 1.807) is 0 Å². The lowest BCUT2D eigenvalue weighted by molar-refractivity contribution is -0.142. The van der Waals surface area contributed by atoms with Crippen molar-refractivity contribution < 1.29 is 9.90 Å². The molecule has 4 nitrogen and oxygen atoms in total. The van der Waals surface area contributed by atoms with Gasteiger partial charge in [0.25, 0.3) is 0 Å². The number of carboxylic acid groups (broad SMARTS) is 1. The molecule has 0 spiro atoms. The van der Waals surface area contributed by atoms with Crippen molar-refractivity contribution in [3.8, 4) is 0 Å². The van der Waals surface area contributed by atoms with E-state index in [1.807, 2.05) is 30.3 Å². The Morgan fingerprint density at radius 1 is 1.38 bits per heavy atom. The van der Waals surface area contributed by atoms with E-state index in [0.717, 1.165) is 5.69 Å². The molecule has 1 aromatic carbocycles. The number of benzene rings is 1. The third-order valence-electron chi connectivity index (χ3n) is 3.08. The van der Waals surface area contributed by atoms with Gasteiger partial charge in [0.05, 0.1) is 12.1 Å². The molecule has 1 fully saturated rings. The number of carbonyl (C=O) groups is 1. The van der Waals surface area contributed by atoms with Crippen LogP contribution in [0.2, 0.25) is 0 Å². The Bertz CT molecular complexity index is 367. The molecule has 0 aromatic heterocycles. The fraction of sp³-hybridized carbons (Fsp3) is 0.417. The average Bonchev–Trinajstić information content (AvgIpc) is 2.30. The molecule has 2 unspecified atom stereocenters. The van der Waals surface area contributed by atoms with E-state index in [4.69, 9.17) is 10.8 Å². The van der Waals surface area contributed by atoms with Crippen molar-refractivity contribution in [1.29, 1.82) is 0 Å². The minimum absolute atomic E-state index is 0.197. The summed E-state index contributed by atoms with van der Waals surface area (Å²) in [6, 6.07) is 9.89. The van der Waals surface area contributed by atoms with Gasteiger partial charge in [0.1, 0.15) is 0 Å². The van der Waals surface area contributed by atoms with Gasteiger partial charge in [-0.05, 0) is 25.0 Å². The Labute approximate surface area is 94.7 Å². The van der Waals surface area contributed by atoms with Crippen LogP contribution in [0, 0.1) is 5.92 Å². The van der Waals surface area contributed by atoms with Gasteiger partial charge < -0.3 is 15.7 Å². The molecule has 1 aromatic rings. The summed E-state index contributed by atoms with van der Waals surface area (Å²) in [5.41, 5.74) is 7.07. The molecule has 0 bridgehead atoms. The molecule has 1 saturated heterocycles. The first-order chi connectivity index (χ1) is 7.68. The van der Waals surface area contributed by atoms with E-state index in [-0.39, 0.29) is 12.1 Å². The number of aliphatic carboxylic acids is 1. The third-order valence-corrected chi connectivity index (χ3v) is 3.08. The van der Waals surface area contributed by atoms with Gasteiger partial charge in [-0.3, -0.25) is 4.79 Å². The molecule has 0 radical (unpaired) electrons. The predicted molar refractivity (Wildman–Crippen MR) is 62.1 cm³/mol. The number of anilines is 1. The number of hydrogen-bond acceptors (Lipinski definition) is 3. The number of piperidine rings is 1. The number of para-hydroxylation sites is 1. The largest absolute Gasteiger partial charge is 0.481 e. The second-order valence-corrected chi connectivity index (χ2v) is 4.16. The average molecular weight is 220 g/mol. The van der Waals surface area contributed by atoms with E-state index < -0.39 is 5.97 Å². The quantitative estimate of drug-likeness (QED) is 0.787. The maximum Gasteiger partial charge on any atom is 0.306 e. The molecule has 1 heterocycles. The monoisotopic (exact) mass is 220 g/mol. The summed E-state index contributed by atoms with van der Waals surface area (Å²) in [6.07, 6.45) is 0.986. The number of rotatable bonds is 2. The van der Waals surface area contributed by atoms with E-state index in [2.05, 4.69) is 4.90 Å². The molecule has 16 heavy (non-hydrogen) atoms. The molecule has 0 saturated carbocycles. The Morgan fingerprint density at radius 2 is 2.06 bits per heavy atom. The molecule has 3 N–H and O–H groups in total. The van der Waals surface area contributed by atoms with Gasteiger partial charge in [0.15, 0.2) is 0 Å². The van der Waals surface area contributed by atoms with Crippen molar-refractivity contribution in [2.45, 2.75) is 19.0 Å². The highest BCUT2D eigenvalue weighted by molar-refractivity contribution is 5.70. The molecule has 1 aliphatic heterocycles. The summed E-state index contributed by atoms with van der Waals surface area (Å²) < 4.78 is 0. The van der Waals surface area contributed by atoms with E-state index >= 15 is 0 Å². The summed E-state index contributed by atoms with van der Waals surface area (Å²) in [5.74, 6) is -1.03. The number of carboxylic acids is 1. The lowest BCUT2D eigenvalue weighted by Gasteiger charge is -2.37. The van der Waals surface area contributed by atoms with Gasteiger partial charge in [-0.1, -0.05) is 18.2 Å². The zero-order chi connectivity index (χ0) is 11.5. The summed E-state index contributed by atoms with van der Waals surface area (Å²) >= 11 is 0. The zero-order valence-corrected chi connectivity index (χ0v) is 9.04. The van der Waals surface area contributed by atoms with Crippen LogP contribution in [-0.4, -0.2) is 23.8 Å². The first kappa shape index (κ1) is 11.0. The fourth-order valence-electron chi connectivity index (χ4n) is 2.16. The predicted octanol–water partition coefficient (Wildman–Crippen LogP) is 1.27. The lowest BCUT2D eigenvalue weighted by Crippen LogP contribution is -2.49. The topological polar surface area (TPSA) is 66.6 Å². The summed E-state index contributed by atoms with van der Waals surface area (Å²) in [7, 11) is 0. The van der Waals surface area contributed by atoms with Crippen LogP contribution in [0.25, 0.3) is 0 Å². The van der Waals surface area contributed by atoms with Crippen LogP contribution in [0.1, 0.15) is 12.8 Å². The van der Waals surface area contributed by atoms with Crippen LogP contribution < -0.4 is 10.6 Å². The van der Waals surface area contributed by atoms with Crippen LogP contribution in [0.15, 0.2) is 30.3 Å². The minimum Gasteiger partial charge on any atom is -0.481 e. The van der Waals surface area contributed by atoms with E-state index in [9.17, 15) is 4.79 Å². The van der Waals surface area contributed by atoms with Gasteiger partial charge in [-0.2, -0.15) is 0 Å². The second kappa shape index (κ2) is 4.53. The van der Waals surface area contributed by atoms with Crippen molar-refractivity contribution in [2.24, 2.45) is 11.7 Å². The molecular formula is C12H16N2O2. The Balaban J connectivity index is 2.08. The molecule has 0 amide bonds. The van der Waals surface area contributed by atoms with Crippen molar-refractivity contribution in [3.63, 3.8) is 0 Å². The molecule has 2 rings (SSSR count). The van der Waals surface area contributed by atoms with E-state index in [1.165, 1.54) is 0 Å². The Morgan fingerprint density at radius 3 is 2.62 bits per heavy atom. The smallest absolute Gasteiger partial charge is 0.306 e. The maximum atomic E-state index is 10.9. The Hall–Kier alpha value is -1.55. The van der Waals surface area contributed by atoms with Crippen LogP contribution in [0.5, 0.6) is 0 Å². The van der Waals surface area contributed by atoms with Gasteiger partial charge >= 0.3 is 5.97 Å². The van der Waals surface area contributed by atoms with Gasteiger partial charge in [0.2, 0.25) is 0 Å². The van der Waals surface area contributed by atoms with Crippen molar-refractivity contribution >= 4 is 11.7 Å². The lowest BCUT2D eigenvalue weighted by atomic mass is 9.94. The van der Waals surface area contributed by atoms with E-state index in [0.29, 0.717) is 19.4 Å². The molecule has 2 atom stereocenters. The standard InChI is InChI=1S/C12H16N2O2/c13-11-8-9(12(15)16)6-7-14(11)10-4-2-1-3-5-10/h1-5,9,11H,6-8,13H2,(H,15,16). The van der Waals surface area contributed by atoms with Crippen molar-refractivity contribution in [3.05, 3.63) is 30.3 Å². The number of nitrogens with zero attached hydrogens (tertiary/aromatic N) is 1. The molecular weight excluding hydrogens is 204 g/mol. The third kappa shape index (κ3) is 2.17. The summed E-state index contributed by atoms with van der Waals surface area (Å²) in [6.45, 7) is 0.710. The van der Waals surface area contributed by atoms with Gasteiger partial charge in [-0.25, -0.2) is 0 Å². The summed E-state index contributed by atoms with van der Waals surface area (Å²) in [5, 5.41) is 8.94. The number of hydrogen-bond donors (Lipinski definition) is 2. The highest BCUT2D eigenvalue weighted by atomic mass is 16.4. The fourth-order valence-corrected chi connectivity index (χ4v) is 2.16. The summed E-state index contributed by atoms with van der Waals surface area (Å²) in [4.78, 5) is 12.9.